The molecule has 1 heterocycles. The van der Waals surface area contributed by atoms with Crippen LogP contribution in [0.4, 0.5) is 5.82 Å². The number of ether oxygens (including phenoxy) is 1. The van der Waals surface area contributed by atoms with Gasteiger partial charge in [-0.15, -0.1) is 0 Å². The van der Waals surface area contributed by atoms with E-state index in [1.165, 1.54) is 6.20 Å². The maximum absolute atomic E-state index is 8.98. The number of methoxy groups -OCH3 is 1. The van der Waals surface area contributed by atoms with E-state index >= 15 is 0 Å². The molecule has 96 valence electrons. The van der Waals surface area contributed by atoms with Gasteiger partial charge in [-0.05, 0) is 13.3 Å². The van der Waals surface area contributed by atoms with Crippen LogP contribution in [0.15, 0.2) is 12.4 Å². The molecule has 18 heavy (non-hydrogen) atoms. The van der Waals surface area contributed by atoms with E-state index < -0.39 is 0 Å². The van der Waals surface area contributed by atoms with Gasteiger partial charge in [0.1, 0.15) is 6.07 Å². The molecule has 0 bridgehead atoms. The van der Waals surface area contributed by atoms with Crippen LogP contribution in [0.25, 0.3) is 0 Å². The quantitative estimate of drug-likeness (QED) is 0.882. The van der Waals surface area contributed by atoms with Gasteiger partial charge in [-0.3, -0.25) is 0 Å². The zero-order valence-electron chi connectivity index (χ0n) is 11.2. The molecule has 0 radical (unpaired) electrons. The Morgan fingerprint density at radius 1 is 1.39 bits per heavy atom. The zero-order chi connectivity index (χ0) is 13.4. The smallest absolute Gasteiger partial charge is 0.182 e. The van der Waals surface area contributed by atoms with Gasteiger partial charge in [-0.1, -0.05) is 13.8 Å². The summed E-state index contributed by atoms with van der Waals surface area (Å²) >= 11 is 0. The van der Waals surface area contributed by atoms with E-state index in [4.69, 9.17) is 10.00 Å². The molecule has 1 fully saturated rings. The second-order valence-corrected chi connectivity index (χ2v) is 5.42. The van der Waals surface area contributed by atoms with E-state index in [9.17, 15) is 0 Å². The first-order valence-electron chi connectivity index (χ1n) is 5.97. The molecule has 0 amide bonds. The average Bonchev–Trinajstić information content (AvgIpc) is 2.38. The highest BCUT2D eigenvalue weighted by Crippen LogP contribution is 2.52. The van der Waals surface area contributed by atoms with Crippen molar-refractivity contribution < 1.29 is 4.74 Å². The number of hydrogen-bond donors (Lipinski definition) is 1. The Morgan fingerprint density at radius 2 is 2.06 bits per heavy atom. The minimum atomic E-state index is -0.139. The van der Waals surface area contributed by atoms with Crippen LogP contribution >= 0.6 is 0 Å². The van der Waals surface area contributed by atoms with Crippen molar-refractivity contribution in [3.05, 3.63) is 18.1 Å². The third kappa shape index (κ3) is 1.73. The first-order valence-corrected chi connectivity index (χ1v) is 5.97. The number of anilines is 1. The third-order valence-corrected chi connectivity index (χ3v) is 4.39. The van der Waals surface area contributed by atoms with Crippen LogP contribution < -0.4 is 5.32 Å². The molecule has 2 rings (SSSR count). The highest BCUT2D eigenvalue weighted by atomic mass is 16.5. The Kier molecular flexibility index (Phi) is 2.99. The van der Waals surface area contributed by atoms with Crippen LogP contribution in [-0.4, -0.2) is 28.7 Å². The van der Waals surface area contributed by atoms with Gasteiger partial charge in [0.25, 0.3) is 0 Å². The van der Waals surface area contributed by atoms with E-state index in [2.05, 4.69) is 36.1 Å². The van der Waals surface area contributed by atoms with Gasteiger partial charge in [0.05, 0.1) is 5.60 Å². The highest BCUT2D eigenvalue weighted by Gasteiger charge is 2.57. The average molecular weight is 246 g/mol. The highest BCUT2D eigenvalue weighted by molar-refractivity contribution is 5.48. The van der Waals surface area contributed by atoms with Crippen LogP contribution in [0.3, 0.4) is 0 Å². The summed E-state index contributed by atoms with van der Waals surface area (Å²) in [5, 5.41) is 12.3. The van der Waals surface area contributed by atoms with E-state index in [0.717, 1.165) is 6.42 Å². The predicted molar refractivity (Wildman–Crippen MR) is 68.0 cm³/mol. The summed E-state index contributed by atoms with van der Waals surface area (Å²) in [7, 11) is 1.74. The Hall–Kier alpha value is -1.67. The molecule has 5 heteroatoms. The molecule has 1 aromatic rings. The van der Waals surface area contributed by atoms with Crippen LogP contribution in [0.1, 0.15) is 32.9 Å². The molecule has 0 aliphatic heterocycles. The van der Waals surface area contributed by atoms with Crippen molar-refractivity contribution in [3.63, 3.8) is 0 Å². The molecular weight excluding hydrogens is 228 g/mol. The maximum atomic E-state index is 8.98. The summed E-state index contributed by atoms with van der Waals surface area (Å²) in [6.45, 7) is 6.41. The standard InChI is InChI=1S/C13H18N4O/c1-12(2)10(7-13(12,3)18-4)17-11-9(8-14)15-5-6-16-11/h5-6,10H,7H2,1-4H3,(H,16,17)/t10-,13-/m1/s1. The van der Waals surface area contributed by atoms with Crippen LogP contribution in [0.5, 0.6) is 0 Å². The SMILES string of the molecule is CO[C@]1(C)C[C@@H](Nc2nccnc2C#N)C1(C)C. The number of hydrogen-bond acceptors (Lipinski definition) is 5. The Labute approximate surface area is 107 Å². The largest absolute Gasteiger partial charge is 0.378 e. The second-order valence-electron chi connectivity index (χ2n) is 5.42. The van der Waals surface area contributed by atoms with Gasteiger partial charge in [0.15, 0.2) is 11.5 Å². The molecule has 0 unspecified atom stereocenters. The molecule has 1 N–H and O–H groups in total. The van der Waals surface area contributed by atoms with Crippen LogP contribution in [-0.2, 0) is 4.74 Å². The first-order chi connectivity index (χ1) is 8.44. The molecule has 5 nitrogen and oxygen atoms in total. The lowest BCUT2D eigenvalue weighted by Gasteiger charge is -2.59. The Bertz CT molecular complexity index is 494. The van der Waals surface area contributed by atoms with Gasteiger partial charge in [0.2, 0.25) is 0 Å². The molecule has 2 atom stereocenters. The molecule has 1 saturated carbocycles. The Morgan fingerprint density at radius 3 is 2.61 bits per heavy atom. The Balaban J connectivity index is 2.16. The molecule has 1 aliphatic carbocycles. The van der Waals surface area contributed by atoms with E-state index in [1.54, 1.807) is 13.3 Å². The summed E-state index contributed by atoms with van der Waals surface area (Å²) in [5.41, 5.74) is 0.172. The van der Waals surface area contributed by atoms with Gasteiger partial charge in [-0.2, -0.15) is 5.26 Å². The summed E-state index contributed by atoms with van der Waals surface area (Å²) in [6.07, 6.45) is 4.00. The number of nitrogens with one attached hydrogen (secondary N) is 1. The van der Waals surface area contributed by atoms with Crippen molar-refractivity contribution in [2.24, 2.45) is 5.41 Å². The summed E-state index contributed by atoms with van der Waals surface area (Å²) in [5.74, 6) is 0.552. The summed E-state index contributed by atoms with van der Waals surface area (Å²) < 4.78 is 5.57. The fourth-order valence-corrected chi connectivity index (χ4v) is 2.41. The topological polar surface area (TPSA) is 70.8 Å². The maximum Gasteiger partial charge on any atom is 0.182 e. The molecule has 1 aromatic heterocycles. The van der Waals surface area contributed by atoms with Gasteiger partial charge < -0.3 is 10.1 Å². The lowest BCUT2D eigenvalue weighted by Crippen LogP contribution is -2.65. The summed E-state index contributed by atoms with van der Waals surface area (Å²) in [4.78, 5) is 8.17. The van der Waals surface area contributed by atoms with Crippen molar-refractivity contribution in [1.82, 2.24) is 9.97 Å². The number of rotatable bonds is 3. The molecule has 0 saturated heterocycles. The fourth-order valence-electron chi connectivity index (χ4n) is 2.41. The van der Waals surface area contributed by atoms with Crippen LogP contribution in [0, 0.1) is 16.7 Å². The van der Waals surface area contributed by atoms with Crippen molar-refractivity contribution in [2.45, 2.75) is 38.8 Å². The molecular formula is C13H18N4O. The molecule has 1 aliphatic rings. The normalized spacial score (nSPS) is 29.2. The van der Waals surface area contributed by atoms with E-state index in [0.29, 0.717) is 11.5 Å². The molecule has 0 spiro atoms. The zero-order valence-corrected chi connectivity index (χ0v) is 11.2. The van der Waals surface area contributed by atoms with E-state index in [-0.39, 0.29) is 17.1 Å². The van der Waals surface area contributed by atoms with Crippen molar-refractivity contribution in [3.8, 4) is 6.07 Å². The monoisotopic (exact) mass is 246 g/mol. The van der Waals surface area contributed by atoms with Crippen LogP contribution in [0.2, 0.25) is 0 Å². The number of nitriles is 1. The van der Waals surface area contributed by atoms with Crippen molar-refractivity contribution >= 4 is 5.82 Å². The van der Waals surface area contributed by atoms with Gasteiger partial charge >= 0.3 is 0 Å². The second kappa shape index (κ2) is 4.21. The molecule has 0 aromatic carbocycles. The van der Waals surface area contributed by atoms with Crippen molar-refractivity contribution in [2.75, 3.05) is 12.4 Å². The predicted octanol–water partition coefficient (Wildman–Crippen LogP) is 1.96. The number of nitrogens with zero attached hydrogens (tertiary/aromatic N) is 3. The minimum Gasteiger partial charge on any atom is -0.378 e. The lowest BCUT2D eigenvalue weighted by atomic mass is 9.56. The number of aromatic nitrogens is 2. The van der Waals surface area contributed by atoms with E-state index in [1.807, 2.05) is 6.07 Å². The van der Waals surface area contributed by atoms with Gasteiger partial charge in [0, 0.05) is 31.0 Å². The lowest BCUT2D eigenvalue weighted by molar-refractivity contribution is -0.166. The van der Waals surface area contributed by atoms with Crippen molar-refractivity contribution in [1.29, 1.82) is 5.26 Å². The fraction of sp³-hybridized carbons (Fsp3) is 0.615. The van der Waals surface area contributed by atoms with Gasteiger partial charge in [-0.25, -0.2) is 9.97 Å². The minimum absolute atomic E-state index is 0.0218. The first kappa shape index (κ1) is 12.8. The summed E-state index contributed by atoms with van der Waals surface area (Å²) in [6, 6.07) is 2.27. The third-order valence-electron chi connectivity index (χ3n) is 4.39.